The van der Waals surface area contributed by atoms with Crippen molar-refractivity contribution in [2.75, 3.05) is 31.1 Å². The van der Waals surface area contributed by atoms with Gasteiger partial charge in [0.05, 0.1) is 23.8 Å². The SMILES string of the molecule is Cc1cc(O)c([C@H](c2ccccc2)N2CCN(c3ccccc3)CC2)c(=O)n1Cc1ccccn1. The van der Waals surface area contributed by atoms with Crippen LogP contribution in [0.5, 0.6) is 5.75 Å². The number of anilines is 1. The van der Waals surface area contributed by atoms with Crippen LogP contribution in [0.4, 0.5) is 5.69 Å². The van der Waals surface area contributed by atoms with E-state index < -0.39 is 0 Å². The van der Waals surface area contributed by atoms with Crippen LogP contribution in [0, 0.1) is 6.92 Å². The number of aryl methyl sites for hydroxylation is 1. The van der Waals surface area contributed by atoms with E-state index in [2.05, 4.69) is 39.0 Å². The van der Waals surface area contributed by atoms with E-state index in [4.69, 9.17) is 0 Å². The maximum absolute atomic E-state index is 13.9. The zero-order valence-corrected chi connectivity index (χ0v) is 19.9. The van der Waals surface area contributed by atoms with Crippen molar-refractivity contribution >= 4 is 5.69 Å². The number of hydrogen-bond acceptors (Lipinski definition) is 5. The highest BCUT2D eigenvalue weighted by Gasteiger charge is 2.31. The van der Waals surface area contributed by atoms with Gasteiger partial charge in [-0.25, -0.2) is 0 Å². The Morgan fingerprint density at radius 3 is 2.20 bits per heavy atom. The first kappa shape index (κ1) is 22.9. The third kappa shape index (κ3) is 4.84. The van der Waals surface area contributed by atoms with Crippen LogP contribution in [-0.4, -0.2) is 45.7 Å². The Labute approximate surface area is 205 Å². The van der Waals surface area contributed by atoms with E-state index in [1.54, 1.807) is 16.8 Å². The van der Waals surface area contributed by atoms with Gasteiger partial charge in [-0.05, 0) is 42.8 Å². The lowest BCUT2D eigenvalue weighted by atomic mass is 9.96. The van der Waals surface area contributed by atoms with Crippen molar-refractivity contribution in [1.29, 1.82) is 0 Å². The van der Waals surface area contributed by atoms with Gasteiger partial charge in [0, 0.05) is 43.8 Å². The number of hydrogen-bond donors (Lipinski definition) is 1. The molecule has 1 aliphatic rings. The zero-order valence-electron chi connectivity index (χ0n) is 19.9. The predicted molar refractivity (Wildman–Crippen MR) is 139 cm³/mol. The smallest absolute Gasteiger partial charge is 0.260 e. The lowest BCUT2D eigenvalue weighted by Gasteiger charge is -2.40. The molecule has 2 aromatic heterocycles. The van der Waals surface area contributed by atoms with Crippen molar-refractivity contribution in [2.24, 2.45) is 0 Å². The van der Waals surface area contributed by atoms with Gasteiger partial charge in [-0.3, -0.25) is 14.7 Å². The molecule has 0 spiro atoms. The molecule has 0 amide bonds. The lowest BCUT2D eigenvalue weighted by molar-refractivity contribution is 0.207. The molecule has 0 radical (unpaired) electrons. The molecule has 4 aromatic rings. The van der Waals surface area contributed by atoms with Crippen molar-refractivity contribution < 1.29 is 5.11 Å². The predicted octanol–water partition coefficient (Wildman–Crippen LogP) is 4.22. The second-order valence-electron chi connectivity index (χ2n) is 8.97. The van der Waals surface area contributed by atoms with Crippen molar-refractivity contribution in [1.82, 2.24) is 14.5 Å². The van der Waals surface area contributed by atoms with E-state index in [-0.39, 0.29) is 17.4 Å². The third-order valence-corrected chi connectivity index (χ3v) is 6.76. The highest BCUT2D eigenvalue weighted by Crippen LogP contribution is 2.33. The summed E-state index contributed by atoms with van der Waals surface area (Å²) in [4.78, 5) is 23.0. The summed E-state index contributed by atoms with van der Waals surface area (Å²) in [6.07, 6.45) is 1.73. The molecule has 1 fully saturated rings. The maximum atomic E-state index is 13.9. The van der Waals surface area contributed by atoms with Gasteiger partial charge in [0.1, 0.15) is 5.75 Å². The van der Waals surface area contributed by atoms with Gasteiger partial charge in [0.25, 0.3) is 5.56 Å². The highest BCUT2D eigenvalue weighted by molar-refractivity contribution is 5.47. The van der Waals surface area contributed by atoms with E-state index in [1.165, 1.54) is 5.69 Å². The van der Waals surface area contributed by atoms with Crippen LogP contribution >= 0.6 is 0 Å². The summed E-state index contributed by atoms with van der Waals surface area (Å²) in [5, 5.41) is 11.1. The third-order valence-electron chi connectivity index (χ3n) is 6.76. The summed E-state index contributed by atoms with van der Waals surface area (Å²) >= 11 is 0. The summed E-state index contributed by atoms with van der Waals surface area (Å²) in [7, 11) is 0. The molecule has 6 nitrogen and oxygen atoms in total. The minimum atomic E-state index is -0.336. The molecular weight excluding hydrogens is 436 g/mol. The standard InChI is InChI=1S/C29H30N4O2/c1-22-20-26(34)27(29(35)33(22)21-24-12-8-9-15-30-24)28(23-10-4-2-5-11-23)32-18-16-31(17-19-32)25-13-6-3-7-14-25/h2-15,20,28,34H,16-19,21H2,1H3/t28-/m0/s1. The first-order chi connectivity index (χ1) is 17.1. The monoisotopic (exact) mass is 466 g/mol. The van der Waals surface area contributed by atoms with Gasteiger partial charge in [-0.15, -0.1) is 0 Å². The van der Waals surface area contributed by atoms with Crippen molar-refractivity contribution in [3.63, 3.8) is 0 Å². The van der Waals surface area contributed by atoms with E-state index >= 15 is 0 Å². The molecular formula is C29H30N4O2. The number of aromatic hydroxyl groups is 1. The van der Waals surface area contributed by atoms with E-state index in [0.29, 0.717) is 17.8 Å². The maximum Gasteiger partial charge on any atom is 0.260 e. The van der Waals surface area contributed by atoms with Crippen LogP contribution in [0.3, 0.4) is 0 Å². The number of piperazine rings is 1. The van der Waals surface area contributed by atoms with Crippen LogP contribution in [0.2, 0.25) is 0 Å². The Kier molecular flexibility index (Phi) is 6.64. The molecule has 3 heterocycles. The largest absolute Gasteiger partial charge is 0.507 e. The Balaban J connectivity index is 1.52. The quantitative estimate of drug-likeness (QED) is 0.461. The van der Waals surface area contributed by atoms with Gasteiger partial charge >= 0.3 is 0 Å². The molecule has 0 unspecified atom stereocenters. The van der Waals surface area contributed by atoms with E-state index in [0.717, 1.165) is 37.4 Å². The molecule has 178 valence electrons. The Hall–Kier alpha value is -3.90. The summed E-state index contributed by atoms with van der Waals surface area (Å²) < 4.78 is 1.72. The van der Waals surface area contributed by atoms with Gasteiger partial charge in [0.2, 0.25) is 0 Å². The number of pyridine rings is 2. The second-order valence-corrected chi connectivity index (χ2v) is 8.97. The average Bonchev–Trinajstić information content (AvgIpc) is 2.91. The molecule has 1 saturated heterocycles. The van der Waals surface area contributed by atoms with Gasteiger partial charge in [-0.1, -0.05) is 54.6 Å². The summed E-state index contributed by atoms with van der Waals surface area (Å²) in [5.74, 6) is 0.0455. The molecule has 1 N–H and O–H groups in total. The van der Waals surface area contributed by atoms with Crippen molar-refractivity contribution in [2.45, 2.75) is 19.5 Å². The van der Waals surface area contributed by atoms with Gasteiger partial charge in [0.15, 0.2) is 0 Å². The minimum Gasteiger partial charge on any atom is -0.507 e. The molecule has 0 saturated carbocycles. The number of benzene rings is 2. The zero-order chi connectivity index (χ0) is 24.2. The van der Waals surface area contributed by atoms with Crippen LogP contribution in [-0.2, 0) is 6.54 Å². The fourth-order valence-corrected chi connectivity index (χ4v) is 4.95. The molecule has 5 rings (SSSR count). The van der Waals surface area contributed by atoms with Crippen LogP contribution in [0.15, 0.2) is 95.9 Å². The molecule has 1 aliphatic heterocycles. The number of para-hydroxylation sites is 1. The highest BCUT2D eigenvalue weighted by atomic mass is 16.3. The van der Waals surface area contributed by atoms with Crippen molar-refractivity contribution in [3.8, 4) is 5.75 Å². The Bertz CT molecular complexity index is 1320. The first-order valence-corrected chi connectivity index (χ1v) is 12.0. The van der Waals surface area contributed by atoms with Crippen LogP contribution in [0.1, 0.15) is 28.6 Å². The number of rotatable bonds is 6. The number of nitrogens with zero attached hydrogens (tertiary/aromatic N) is 4. The van der Waals surface area contributed by atoms with Crippen molar-refractivity contribution in [3.05, 3.63) is 124 Å². The van der Waals surface area contributed by atoms with Crippen LogP contribution in [0.25, 0.3) is 0 Å². The summed E-state index contributed by atoms with van der Waals surface area (Å²) in [6.45, 7) is 5.47. The molecule has 2 aromatic carbocycles. The fraction of sp³-hybridized carbons (Fsp3) is 0.241. The molecule has 0 bridgehead atoms. The van der Waals surface area contributed by atoms with Gasteiger partial charge in [-0.2, -0.15) is 0 Å². The second kappa shape index (κ2) is 10.2. The van der Waals surface area contributed by atoms with Crippen LogP contribution < -0.4 is 10.5 Å². The van der Waals surface area contributed by atoms with Gasteiger partial charge < -0.3 is 14.6 Å². The molecule has 0 aliphatic carbocycles. The minimum absolute atomic E-state index is 0.0455. The van der Waals surface area contributed by atoms with E-state index in [9.17, 15) is 9.90 Å². The summed E-state index contributed by atoms with van der Waals surface area (Å²) in [6, 6.07) is 27.5. The Morgan fingerprint density at radius 2 is 1.54 bits per heavy atom. The Morgan fingerprint density at radius 1 is 0.886 bits per heavy atom. The normalized spacial score (nSPS) is 15.2. The molecule has 6 heteroatoms. The topological polar surface area (TPSA) is 61.6 Å². The lowest BCUT2D eigenvalue weighted by Crippen LogP contribution is -2.49. The van der Waals surface area contributed by atoms with E-state index in [1.807, 2.05) is 61.5 Å². The fourth-order valence-electron chi connectivity index (χ4n) is 4.95. The number of aromatic nitrogens is 2. The molecule has 35 heavy (non-hydrogen) atoms. The average molecular weight is 467 g/mol. The first-order valence-electron chi connectivity index (χ1n) is 12.0. The molecule has 1 atom stereocenters. The summed E-state index contributed by atoms with van der Waals surface area (Å²) in [5.41, 5.74) is 3.98.